The Morgan fingerprint density at radius 3 is 2.86 bits per heavy atom. The molecule has 0 unspecified atom stereocenters. The van der Waals surface area contributed by atoms with Crippen molar-refractivity contribution in [3.8, 4) is 5.75 Å². The van der Waals surface area contributed by atoms with Gasteiger partial charge in [0.25, 0.3) is 0 Å². The Hall–Kier alpha value is -1.06. The van der Waals surface area contributed by atoms with E-state index in [1.165, 1.54) is 36.8 Å². The van der Waals surface area contributed by atoms with Crippen LogP contribution in [0.1, 0.15) is 43.2 Å². The summed E-state index contributed by atoms with van der Waals surface area (Å²) in [7, 11) is 0. The highest BCUT2D eigenvalue weighted by atomic mass is 16.5. The molecule has 2 aliphatic rings. The minimum atomic E-state index is -0.0877. The van der Waals surface area contributed by atoms with Crippen LogP contribution in [0.15, 0.2) is 18.2 Å². The van der Waals surface area contributed by atoms with Crippen LogP contribution < -0.4 is 4.74 Å². The van der Waals surface area contributed by atoms with Gasteiger partial charge in [0.15, 0.2) is 0 Å². The van der Waals surface area contributed by atoms with E-state index in [4.69, 9.17) is 4.74 Å². The number of rotatable bonds is 4. The fourth-order valence-electron chi connectivity index (χ4n) is 4.21. The lowest BCUT2D eigenvalue weighted by molar-refractivity contribution is -0.0123. The van der Waals surface area contributed by atoms with Crippen molar-refractivity contribution in [1.82, 2.24) is 4.90 Å². The molecule has 2 atom stereocenters. The molecule has 22 heavy (non-hydrogen) atoms. The van der Waals surface area contributed by atoms with Crippen molar-refractivity contribution < 1.29 is 9.84 Å². The van der Waals surface area contributed by atoms with E-state index in [1.54, 1.807) is 0 Å². The van der Waals surface area contributed by atoms with Crippen LogP contribution in [0.4, 0.5) is 0 Å². The fourth-order valence-corrected chi connectivity index (χ4v) is 4.21. The number of nitrogens with zero attached hydrogens (tertiary/aromatic N) is 1. The lowest BCUT2D eigenvalue weighted by atomic mass is 9.77. The van der Waals surface area contributed by atoms with Gasteiger partial charge in [0.1, 0.15) is 12.4 Å². The highest BCUT2D eigenvalue weighted by molar-refractivity contribution is 5.38. The molecule has 0 aromatic heterocycles. The third kappa shape index (κ3) is 3.16. The van der Waals surface area contributed by atoms with E-state index in [9.17, 15) is 5.11 Å². The molecule has 1 saturated carbocycles. The first-order valence-corrected chi connectivity index (χ1v) is 8.70. The molecule has 1 saturated heterocycles. The number of hydrogen-bond donors (Lipinski definition) is 1. The van der Waals surface area contributed by atoms with Crippen LogP contribution in [0.2, 0.25) is 0 Å². The normalized spacial score (nSPS) is 29.1. The third-order valence-electron chi connectivity index (χ3n) is 5.77. The Balaban J connectivity index is 1.52. The number of piperidine rings is 1. The molecule has 0 amide bonds. The Morgan fingerprint density at radius 1 is 1.27 bits per heavy atom. The van der Waals surface area contributed by atoms with Crippen LogP contribution in [-0.2, 0) is 0 Å². The number of benzene rings is 1. The molecule has 3 rings (SSSR count). The second-order valence-electron chi connectivity index (χ2n) is 7.20. The summed E-state index contributed by atoms with van der Waals surface area (Å²) in [6.45, 7) is 8.13. The Bertz CT molecular complexity index is 516. The number of likely N-dealkylation sites (tertiary alicyclic amines) is 1. The zero-order valence-electron chi connectivity index (χ0n) is 14.0. The highest BCUT2D eigenvalue weighted by Gasteiger charge is 2.44. The summed E-state index contributed by atoms with van der Waals surface area (Å²) in [5.41, 5.74) is 2.70. The summed E-state index contributed by atoms with van der Waals surface area (Å²) in [6.07, 6.45) is 5.70. The first-order valence-electron chi connectivity index (χ1n) is 8.70. The molecular formula is C19H29NO2. The van der Waals surface area contributed by atoms with Gasteiger partial charge < -0.3 is 9.84 Å². The van der Waals surface area contributed by atoms with E-state index in [2.05, 4.69) is 36.9 Å². The van der Waals surface area contributed by atoms with Crippen molar-refractivity contribution in [2.45, 2.75) is 52.1 Å². The summed E-state index contributed by atoms with van der Waals surface area (Å²) in [5, 5.41) is 10.3. The van der Waals surface area contributed by atoms with Gasteiger partial charge in [-0.3, -0.25) is 4.90 Å². The number of aryl methyl sites for hydroxylation is 1. The molecule has 0 bridgehead atoms. The first kappa shape index (κ1) is 15.8. The largest absolute Gasteiger partial charge is 0.492 e. The molecule has 1 aliphatic heterocycles. The summed E-state index contributed by atoms with van der Waals surface area (Å²) < 4.78 is 5.99. The van der Waals surface area contributed by atoms with E-state index in [0.717, 1.165) is 38.4 Å². The summed E-state index contributed by atoms with van der Waals surface area (Å²) in [4.78, 5) is 2.49. The first-order chi connectivity index (χ1) is 10.6. The maximum absolute atomic E-state index is 10.3. The quantitative estimate of drug-likeness (QED) is 0.926. The van der Waals surface area contributed by atoms with Gasteiger partial charge in [-0.1, -0.05) is 18.6 Å². The van der Waals surface area contributed by atoms with Crippen LogP contribution in [-0.4, -0.2) is 42.4 Å². The molecule has 3 nitrogen and oxygen atoms in total. The third-order valence-corrected chi connectivity index (χ3v) is 5.77. The van der Waals surface area contributed by atoms with Crippen molar-refractivity contribution >= 4 is 0 Å². The standard InChI is InChI=1S/C19H29NO2/c1-15-6-3-7-17(16(15)2)22-13-12-20-11-5-10-19(14-20)9-4-8-18(19)21/h3,6-7,18,21H,4-5,8-14H2,1-2H3/t18-,19-/m1/s1. The minimum absolute atomic E-state index is 0.0877. The van der Waals surface area contributed by atoms with Gasteiger partial charge in [-0.15, -0.1) is 0 Å². The molecule has 1 N–H and O–H groups in total. The van der Waals surface area contributed by atoms with Gasteiger partial charge in [-0.25, -0.2) is 0 Å². The number of aliphatic hydroxyl groups is 1. The van der Waals surface area contributed by atoms with E-state index < -0.39 is 0 Å². The van der Waals surface area contributed by atoms with Crippen LogP contribution >= 0.6 is 0 Å². The van der Waals surface area contributed by atoms with E-state index in [-0.39, 0.29) is 11.5 Å². The molecule has 3 heteroatoms. The highest BCUT2D eigenvalue weighted by Crippen LogP contribution is 2.44. The monoisotopic (exact) mass is 303 g/mol. The molecular weight excluding hydrogens is 274 g/mol. The van der Waals surface area contributed by atoms with E-state index >= 15 is 0 Å². The maximum Gasteiger partial charge on any atom is 0.122 e. The molecule has 1 aliphatic carbocycles. The van der Waals surface area contributed by atoms with Crippen LogP contribution in [0.5, 0.6) is 5.75 Å². The van der Waals surface area contributed by atoms with Crippen molar-refractivity contribution in [3.05, 3.63) is 29.3 Å². The molecule has 1 spiro atoms. The Labute approximate surface area is 134 Å². The second kappa shape index (κ2) is 6.59. The van der Waals surface area contributed by atoms with Gasteiger partial charge in [-0.2, -0.15) is 0 Å². The van der Waals surface area contributed by atoms with Crippen molar-refractivity contribution in [1.29, 1.82) is 0 Å². The number of ether oxygens (including phenoxy) is 1. The SMILES string of the molecule is Cc1cccc(OCCN2CCC[C@]3(CCC[C@H]3O)C2)c1C. The van der Waals surface area contributed by atoms with Crippen LogP contribution in [0, 0.1) is 19.3 Å². The maximum atomic E-state index is 10.3. The van der Waals surface area contributed by atoms with Gasteiger partial charge in [-0.05, 0) is 63.3 Å². The molecule has 1 aromatic carbocycles. The van der Waals surface area contributed by atoms with Gasteiger partial charge in [0.05, 0.1) is 6.10 Å². The van der Waals surface area contributed by atoms with Gasteiger partial charge in [0, 0.05) is 18.5 Å². The average Bonchev–Trinajstić information content (AvgIpc) is 2.84. The molecule has 1 aromatic rings. The van der Waals surface area contributed by atoms with Crippen molar-refractivity contribution in [2.75, 3.05) is 26.2 Å². The zero-order valence-corrected chi connectivity index (χ0v) is 14.0. The van der Waals surface area contributed by atoms with E-state index in [1.807, 2.05) is 0 Å². The summed E-state index contributed by atoms with van der Waals surface area (Å²) in [6, 6.07) is 6.24. The summed E-state index contributed by atoms with van der Waals surface area (Å²) in [5.74, 6) is 1.01. The van der Waals surface area contributed by atoms with Crippen LogP contribution in [0.3, 0.4) is 0 Å². The van der Waals surface area contributed by atoms with Crippen molar-refractivity contribution in [3.63, 3.8) is 0 Å². The Morgan fingerprint density at radius 2 is 2.09 bits per heavy atom. The van der Waals surface area contributed by atoms with Gasteiger partial charge in [0.2, 0.25) is 0 Å². The molecule has 2 fully saturated rings. The lowest BCUT2D eigenvalue weighted by Gasteiger charge is -2.42. The predicted octanol–water partition coefficient (Wildman–Crippen LogP) is 3.31. The number of hydrogen-bond acceptors (Lipinski definition) is 3. The molecule has 122 valence electrons. The van der Waals surface area contributed by atoms with Gasteiger partial charge >= 0.3 is 0 Å². The van der Waals surface area contributed by atoms with Crippen LogP contribution in [0.25, 0.3) is 0 Å². The number of aliphatic hydroxyl groups excluding tert-OH is 1. The summed E-state index contributed by atoms with van der Waals surface area (Å²) >= 11 is 0. The predicted molar refractivity (Wildman–Crippen MR) is 89.4 cm³/mol. The van der Waals surface area contributed by atoms with E-state index in [0.29, 0.717) is 0 Å². The zero-order chi connectivity index (χ0) is 15.6. The second-order valence-corrected chi connectivity index (χ2v) is 7.20. The minimum Gasteiger partial charge on any atom is -0.492 e. The Kier molecular flexibility index (Phi) is 4.74. The smallest absolute Gasteiger partial charge is 0.122 e. The molecule has 0 radical (unpaired) electrons. The average molecular weight is 303 g/mol. The molecule has 1 heterocycles. The topological polar surface area (TPSA) is 32.7 Å². The fraction of sp³-hybridized carbons (Fsp3) is 0.684. The lowest BCUT2D eigenvalue weighted by Crippen LogP contribution is -2.48. The van der Waals surface area contributed by atoms with Crippen molar-refractivity contribution in [2.24, 2.45) is 5.41 Å².